The molecule has 3 nitrogen and oxygen atoms in total. The number of fused-ring (bicyclic) bond motifs is 1. The van der Waals surface area contributed by atoms with Crippen molar-refractivity contribution in [1.82, 2.24) is 10.2 Å². The van der Waals surface area contributed by atoms with Gasteiger partial charge < -0.3 is 4.74 Å². The Kier molecular flexibility index (Phi) is 1.92. The smallest absolute Gasteiger partial charge is 0.130 e. The van der Waals surface area contributed by atoms with Crippen LogP contribution in [-0.4, -0.2) is 17.3 Å². The summed E-state index contributed by atoms with van der Waals surface area (Å²) < 4.78 is 6.34. The molecule has 4 heteroatoms. The lowest BCUT2D eigenvalue weighted by Gasteiger charge is -2.00. The number of methoxy groups -OCH3 is 1. The summed E-state index contributed by atoms with van der Waals surface area (Å²) in [7, 11) is 1.66. The van der Waals surface area contributed by atoms with Gasteiger partial charge in [0.25, 0.3) is 0 Å². The molecule has 1 aromatic carbocycles. The Hall–Kier alpha value is -0.780. The maximum Gasteiger partial charge on any atom is 0.130 e. The van der Waals surface area contributed by atoms with E-state index in [1.165, 1.54) is 0 Å². The lowest BCUT2D eigenvalue weighted by molar-refractivity contribution is 0.419. The predicted octanol–water partition coefficient (Wildman–Crippen LogP) is 2.18. The van der Waals surface area contributed by atoms with Gasteiger partial charge in [-0.05, 0) is 34.7 Å². The van der Waals surface area contributed by atoms with Crippen molar-refractivity contribution in [1.29, 1.82) is 0 Å². The van der Waals surface area contributed by atoms with E-state index in [1.54, 1.807) is 13.3 Å². The highest BCUT2D eigenvalue weighted by Crippen LogP contribution is 2.26. The molecule has 12 heavy (non-hydrogen) atoms. The van der Waals surface area contributed by atoms with E-state index < -0.39 is 0 Å². The highest BCUT2D eigenvalue weighted by molar-refractivity contribution is 14.1. The quantitative estimate of drug-likeness (QED) is 0.809. The molecule has 0 saturated carbocycles. The molecule has 0 spiro atoms. The van der Waals surface area contributed by atoms with Gasteiger partial charge in [0.2, 0.25) is 0 Å². The van der Waals surface area contributed by atoms with Crippen LogP contribution in [0.5, 0.6) is 5.75 Å². The largest absolute Gasteiger partial charge is 0.496 e. The Morgan fingerprint density at radius 3 is 3.08 bits per heavy atom. The molecule has 0 bridgehead atoms. The minimum absolute atomic E-state index is 0.866. The van der Waals surface area contributed by atoms with Crippen molar-refractivity contribution in [2.75, 3.05) is 7.11 Å². The van der Waals surface area contributed by atoms with E-state index in [4.69, 9.17) is 4.74 Å². The van der Waals surface area contributed by atoms with Crippen molar-refractivity contribution in [3.63, 3.8) is 0 Å². The van der Waals surface area contributed by atoms with Crippen molar-refractivity contribution in [3.8, 4) is 5.75 Å². The van der Waals surface area contributed by atoms with Crippen LogP contribution in [0.15, 0.2) is 18.3 Å². The number of hydrogen-bond donors (Lipinski definition) is 1. The molecule has 62 valence electrons. The zero-order chi connectivity index (χ0) is 8.55. The molecule has 0 amide bonds. The van der Waals surface area contributed by atoms with Crippen LogP contribution in [0.1, 0.15) is 0 Å². The van der Waals surface area contributed by atoms with Gasteiger partial charge in [-0.25, -0.2) is 0 Å². The van der Waals surface area contributed by atoms with E-state index in [0.717, 1.165) is 20.2 Å². The summed E-state index contributed by atoms with van der Waals surface area (Å²) in [4.78, 5) is 0. The van der Waals surface area contributed by atoms with Crippen LogP contribution in [0.2, 0.25) is 0 Å². The normalized spacial score (nSPS) is 10.5. The first kappa shape index (κ1) is 7.85. The number of nitrogens with one attached hydrogen (secondary N) is 1. The number of ether oxygens (including phenoxy) is 1. The highest BCUT2D eigenvalue weighted by atomic mass is 127. The molecular formula is C8H7IN2O. The molecule has 0 aliphatic heterocycles. The van der Waals surface area contributed by atoms with E-state index in [1.807, 2.05) is 12.1 Å². The summed E-state index contributed by atoms with van der Waals surface area (Å²) in [5.74, 6) is 0.866. The van der Waals surface area contributed by atoms with Crippen molar-refractivity contribution in [3.05, 3.63) is 21.9 Å². The zero-order valence-electron chi connectivity index (χ0n) is 6.47. The number of nitrogens with zero attached hydrogens (tertiary/aromatic N) is 1. The fourth-order valence-electron chi connectivity index (χ4n) is 1.15. The SMILES string of the molecule is COc1cc(I)cc2[nH]ncc12. The van der Waals surface area contributed by atoms with Crippen LogP contribution in [0.3, 0.4) is 0 Å². The third-order valence-corrected chi connectivity index (χ3v) is 2.33. The minimum atomic E-state index is 0.866. The van der Waals surface area contributed by atoms with E-state index in [2.05, 4.69) is 32.8 Å². The monoisotopic (exact) mass is 274 g/mol. The Balaban J connectivity index is 2.80. The summed E-state index contributed by atoms with van der Waals surface area (Å²) >= 11 is 2.25. The first-order valence-electron chi connectivity index (χ1n) is 3.48. The number of benzene rings is 1. The topological polar surface area (TPSA) is 37.9 Å². The van der Waals surface area contributed by atoms with Gasteiger partial charge in [0.15, 0.2) is 0 Å². The number of aromatic amines is 1. The summed E-state index contributed by atoms with van der Waals surface area (Å²) in [6.45, 7) is 0. The minimum Gasteiger partial charge on any atom is -0.496 e. The van der Waals surface area contributed by atoms with Crippen LogP contribution in [0.25, 0.3) is 10.9 Å². The fourth-order valence-corrected chi connectivity index (χ4v) is 1.75. The highest BCUT2D eigenvalue weighted by Gasteiger charge is 2.03. The van der Waals surface area contributed by atoms with Crippen molar-refractivity contribution >= 4 is 33.5 Å². The third-order valence-electron chi connectivity index (χ3n) is 1.71. The third kappa shape index (κ3) is 1.16. The van der Waals surface area contributed by atoms with Crippen LogP contribution >= 0.6 is 22.6 Å². The molecule has 0 atom stereocenters. The van der Waals surface area contributed by atoms with Gasteiger partial charge in [0, 0.05) is 3.57 Å². The molecule has 1 heterocycles. The van der Waals surface area contributed by atoms with Crippen molar-refractivity contribution < 1.29 is 4.74 Å². The molecule has 0 fully saturated rings. The summed E-state index contributed by atoms with van der Waals surface area (Å²) in [6.07, 6.45) is 1.77. The van der Waals surface area contributed by atoms with Crippen LogP contribution in [0.4, 0.5) is 0 Å². The van der Waals surface area contributed by atoms with Gasteiger partial charge in [0.05, 0.1) is 24.2 Å². The molecule has 2 aromatic rings. The second-order valence-electron chi connectivity index (χ2n) is 2.44. The molecule has 2 rings (SSSR count). The summed E-state index contributed by atoms with van der Waals surface area (Å²) in [5.41, 5.74) is 1.01. The molecule has 0 saturated heterocycles. The van der Waals surface area contributed by atoms with Crippen LogP contribution in [0, 0.1) is 3.57 Å². The second-order valence-corrected chi connectivity index (χ2v) is 3.68. The predicted molar refractivity (Wildman–Crippen MR) is 55.4 cm³/mol. The van der Waals surface area contributed by atoms with Crippen molar-refractivity contribution in [2.45, 2.75) is 0 Å². The second kappa shape index (κ2) is 2.93. The summed E-state index contributed by atoms with van der Waals surface area (Å²) in [6, 6.07) is 4.02. The van der Waals surface area contributed by atoms with Crippen molar-refractivity contribution in [2.24, 2.45) is 0 Å². The molecular weight excluding hydrogens is 267 g/mol. The van der Waals surface area contributed by atoms with E-state index >= 15 is 0 Å². The standard InChI is InChI=1S/C8H7IN2O/c1-12-8-3-5(9)2-7-6(8)4-10-11-7/h2-4H,1H3,(H,10,11). The average Bonchev–Trinajstić information content (AvgIpc) is 2.50. The van der Waals surface area contributed by atoms with Gasteiger partial charge in [-0.15, -0.1) is 0 Å². The fraction of sp³-hybridized carbons (Fsp3) is 0.125. The van der Waals surface area contributed by atoms with E-state index in [0.29, 0.717) is 0 Å². The van der Waals surface area contributed by atoms with Crippen LogP contribution < -0.4 is 4.74 Å². The molecule has 0 aliphatic rings. The lowest BCUT2D eigenvalue weighted by Crippen LogP contribution is -1.84. The Labute approximate surface area is 83.3 Å². The van der Waals surface area contributed by atoms with E-state index in [9.17, 15) is 0 Å². The first-order chi connectivity index (χ1) is 5.81. The lowest BCUT2D eigenvalue weighted by atomic mass is 10.2. The summed E-state index contributed by atoms with van der Waals surface area (Å²) in [5, 5.41) is 7.87. The van der Waals surface area contributed by atoms with Gasteiger partial charge in [-0.3, -0.25) is 5.10 Å². The maximum atomic E-state index is 5.20. The average molecular weight is 274 g/mol. The first-order valence-corrected chi connectivity index (χ1v) is 4.56. The zero-order valence-corrected chi connectivity index (χ0v) is 8.62. The Morgan fingerprint density at radius 2 is 2.33 bits per heavy atom. The Bertz CT molecular complexity index is 410. The molecule has 0 aliphatic carbocycles. The van der Waals surface area contributed by atoms with Crippen LogP contribution in [-0.2, 0) is 0 Å². The molecule has 0 unspecified atom stereocenters. The Morgan fingerprint density at radius 1 is 1.50 bits per heavy atom. The van der Waals surface area contributed by atoms with E-state index in [-0.39, 0.29) is 0 Å². The number of halogens is 1. The van der Waals surface area contributed by atoms with Gasteiger partial charge >= 0.3 is 0 Å². The maximum absolute atomic E-state index is 5.20. The van der Waals surface area contributed by atoms with Gasteiger partial charge in [-0.1, -0.05) is 0 Å². The molecule has 1 N–H and O–H groups in total. The van der Waals surface area contributed by atoms with Gasteiger partial charge in [-0.2, -0.15) is 5.10 Å². The number of hydrogen-bond acceptors (Lipinski definition) is 2. The number of H-pyrrole nitrogens is 1. The molecule has 0 radical (unpaired) electrons. The number of aromatic nitrogens is 2. The molecule has 1 aromatic heterocycles. The van der Waals surface area contributed by atoms with Gasteiger partial charge in [0.1, 0.15) is 5.75 Å². The number of rotatable bonds is 1.